The van der Waals surface area contributed by atoms with E-state index in [1.54, 1.807) is 19.2 Å². The number of carboxylic acid groups (broad SMARTS) is 1. The van der Waals surface area contributed by atoms with Gasteiger partial charge in [0.2, 0.25) is 0 Å². The van der Waals surface area contributed by atoms with Crippen molar-refractivity contribution in [1.29, 1.82) is 0 Å². The molecule has 0 radical (unpaired) electrons. The number of nitrogens with zero attached hydrogens (tertiary/aromatic N) is 2. The zero-order valence-electron chi connectivity index (χ0n) is 14.8. The maximum Gasteiger partial charge on any atom is 0.337 e. The molecule has 2 aromatic carbocycles. The van der Waals surface area contributed by atoms with Crippen LogP contribution >= 0.6 is 23.8 Å². The van der Waals surface area contributed by atoms with E-state index in [1.165, 1.54) is 6.07 Å². The molecule has 1 aliphatic rings. The molecule has 27 heavy (non-hydrogen) atoms. The van der Waals surface area contributed by atoms with E-state index >= 15 is 0 Å². The average molecular weight is 406 g/mol. The topological polar surface area (TPSA) is 65.0 Å². The molecule has 3 rings (SSSR count). The number of carbonyl (C=O) groups is 1. The monoisotopic (exact) mass is 405 g/mol. The summed E-state index contributed by atoms with van der Waals surface area (Å²) in [6, 6.07) is 12.7. The molecule has 6 nitrogen and oxygen atoms in total. The summed E-state index contributed by atoms with van der Waals surface area (Å²) < 4.78 is 5.20. The maximum atomic E-state index is 11.0. The van der Waals surface area contributed by atoms with E-state index in [2.05, 4.69) is 27.2 Å². The molecule has 2 N–H and O–H groups in total. The highest BCUT2D eigenvalue weighted by molar-refractivity contribution is 7.80. The molecule has 142 valence electrons. The summed E-state index contributed by atoms with van der Waals surface area (Å²) in [5.41, 5.74) is 1.90. The molecule has 1 aliphatic heterocycles. The molecule has 8 heteroatoms. The van der Waals surface area contributed by atoms with Crippen molar-refractivity contribution in [2.75, 3.05) is 43.5 Å². The molecule has 0 spiro atoms. The highest BCUT2D eigenvalue weighted by Crippen LogP contribution is 2.23. The lowest BCUT2D eigenvalue weighted by atomic mass is 10.2. The first-order chi connectivity index (χ1) is 13.0. The molecular formula is C19H20ClN3O3S. The van der Waals surface area contributed by atoms with Gasteiger partial charge in [-0.1, -0.05) is 11.6 Å². The van der Waals surface area contributed by atoms with Crippen LogP contribution in [0.1, 0.15) is 10.4 Å². The summed E-state index contributed by atoms with van der Waals surface area (Å²) >= 11 is 11.5. The minimum Gasteiger partial charge on any atom is -0.497 e. The van der Waals surface area contributed by atoms with Crippen molar-refractivity contribution in [1.82, 2.24) is 4.90 Å². The van der Waals surface area contributed by atoms with Crippen LogP contribution in [-0.4, -0.2) is 54.4 Å². The number of nitrogens with one attached hydrogen (secondary N) is 1. The summed E-state index contributed by atoms with van der Waals surface area (Å²) in [4.78, 5) is 15.4. The lowest BCUT2D eigenvalue weighted by Gasteiger charge is -2.37. The van der Waals surface area contributed by atoms with Gasteiger partial charge in [-0.2, -0.15) is 0 Å². The number of hydrogen-bond acceptors (Lipinski definition) is 4. The van der Waals surface area contributed by atoms with Gasteiger partial charge in [0.15, 0.2) is 5.11 Å². The van der Waals surface area contributed by atoms with E-state index in [0.717, 1.165) is 37.6 Å². The van der Waals surface area contributed by atoms with Crippen molar-refractivity contribution in [2.45, 2.75) is 0 Å². The van der Waals surface area contributed by atoms with Crippen LogP contribution in [0.25, 0.3) is 0 Å². The molecular weight excluding hydrogens is 386 g/mol. The summed E-state index contributed by atoms with van der Waals surface area (Å²) in [6.07, 6.45) is 0. The Labute approximate surface area is 168 Å². The molecule has 1 heterocycles. The van der Waals surface area contributed by atoms with Crippen LogP contribution in [0.2, 0.25) is 5.02 Å². The zero-order valence-corrected chi connectivity index (χ0v) is 16.4. The molecule has 0 atom stereocenters. The Morgan fingerprint density at radius 3 is 2.37 bits per heavy atom. The Bertz CT molecular complexity index is 837. The van der Waals surface area contributed by atoms with Gasteiger partial charge < -0.3 is 25.0 Å². The second-order valence-corrected chi connectivity index (χ2v) is 6.90. The summed E-state index contributed by atoms with van der Waals surface area (Å²) in [5.74, 6) is -0.209. The van der Waals surface area contributed by atoms with Crippen LogP contribution in [0.4, 0.5) is 11.4 Å². The Kier molecular flexibility index (Phi) is 6.03. The quantitative estimate of drug-likeness (QED) is 0.754. The minimum atomic E-state index is -1.05. The van der Waals surface area contributed by atoms with Crippen LogP contribution in [0.5, 0.6) is 5.75 Å². The van der Waals surface area contributed by atoms with Crippen LogP contribution in [0.3, 0.4) is 0 Å². The van der Waals surface area contributed by atoms with Crippen LogP contribution in [0.15, 0.2) is 42.5 Å². The number of carboxylic acids is 1. The van der Waals surface area contributed by atoms with Gasteiger partial charge in [0.05, 0.1) is 17.7 Å². The molecule has 0 amide bonds. The third-order valence-corrected chi connectivity index (χ3v) is 5.13. The van der Waals surface area contributed by atoms with Gasteiger partial charge in [-0.25, -0.2) is 4.79 Å². The first-order valence-corrected chi connectivity index (χ1v) is 9.24. The van der Waals surface area contributed by atoms with Gasteiger partial charge in [-0.15, -0.1) is 0 Å². The number of hydrogen-bond donors (Lipinski definition) is 2. The van der Waals surface area contributed by atoms with E-state index in [9.17, 15) is 4.79 Å². The van der Waals surface area contributed by atoms with E-state index in [1.807, 2.05) is 12.1 Å². The van der Waals surface area contributed by atoms with Gasteiger partial charge >= 0.3 is 5.97 Å². The molecule has 2 aromatic rings. The van der Waals surface area contributed by atoms with Crippen molar-refractivity contribution >= 4 is 46.3 Å². The number of aromatic carboxylic acids is 1. The fourth-order valence-electron chi connectivity index (χ4n) is 2.93. The first-order valence-electron chi connectivity index (χ1n) is 8.45. The van der Waals surface area contributed by atoms with Crippen molar-refractivity contribution in [3.63, 3.8) is 0 Å². The second-order valence-electron chi connectivity index (χ2n) is 6.10. The van der Waals surface area contributed by atoms with Crippen molar-refractivity contribution < 1.29 is 14.6 Å². The molecule has 1 fully saturated rings. The maximum absolute atomic E-state index is 11.0. The second kappa shape index (κ2) is 8.45. The smallest absolute Gasteiger partial charge is 0.337 e. The van der Waals surface area contributed by atoms with Crippen LogP contribution in [0, 0.1) is 0 Å². The van der Waals surface area contributed by atoms with Gasteiger partial charge in [0.25, 0.3) is 0 Å². The fraction of sp³-hybridized carbons (Fsp3) is 0.263. The Balaban J connectivity index is 1.56. The zero-order chi connectivity index (χ0) is 19.4. The molecule has 0 bridgehead atoms. The lowest BCUT2D eigenvalue weighted by molar-refractivity contribution is 0.0697. The van der Waals surface area contributed by atoms with E-state index in [-0.39, 0.29) is 10.6 Å². The van der Waals surface area contributed by atoms with Gasteiger partial charge in [0.1, 0.15) is 5.75 Å². The number of piperazine rings is 1. The van der Waals surface area contributed by atoms with E-state index in [0.29, 0.717) is 10.8 Å². The highest BCUT2D eigenvalue weighted by Gasteiger charge is 2.19. The Morgan fingerprint density at radius 2 is 1.81 bits per heavy atom. The largest absolute Gasteiger partial charge is 0.497 e. The Hall–Kier alpha value is -2.51. The lowest BCUT2D eigenvalue weighted by Crippen LogP contribution is -2.50. The predicted octanol–water partition coefficient (Wildman–Crippen LogP) is 3.57. The number of benzene rings is 2. The van der Waals surface area contributed by atoms with Crippen molar-refractivity contribution in [3.05, 3.63) is 53.1 Å². The molecule has 0 unspecified atom stereocenters. The molecule has 0 saturated carbocycles. The minimum absolute atomic E-state index is 0.0706. The van der Waals surface area contributed by atoms with Gasteiger partial charge in [0, 0.05) is 37.6 Å². The van der Waals surface area contributed by atoms with Gasteiger partial charge in [-0.05, 0) is 54.7 Å². The number of methoxy groups -OCH3 is 1. The number of halogens is 1. The van der Waals surface area contributed by atoms with Crippen molar-refractivity contribution in [3.8, 4) is 5.75 Å². The summed E-state index contributed by atoms with van der Waals surface area (Å²) in [5, 5.41) is 13.0. The normalized spacial score (nSPS) is 14.0. The standard InChI is InChI=1S/C19H20ClN3O3S/c1-26-15-5-3-14(4-6-15)22-8-10-23(11-9-22)19(27)21-13-2-7-16(18(24)25)17(20)12-13/h2-7,12H,8-11H2,1H3,(H,21,27)(H,24,25). The number of thiocarbonyl (C=S) groups is 1. The van der Waals surface area contributed by atoms with Crippen LogP contribution in [-0.2, 0) is 0 Å². The Morgan fingerprint density at radius 1 is 1.15 bits per heavy atom. The highest BCUT2D eigenvalue weighted by atomic mass is 35.5. The summed E-state index contributed by atoms with van der Waals surface area (Å²) in [7, 11) is 1.66. The molecule has 0 aliphatic carbocycles. The van der Waals surface area contributed by atoms with E-state index in [4.69, 9.17) is 33.7 Å². The van der Waals surface area contributed by atoms with E-state index < -0.39 is 5.97 Å². The predicted molar refractivity (Wildman–Crippen MR) is 111 cm³/mol. The SMILES string of the molecule is COc1ccc(N2CCN(C(=S)Nc3ccc(C(=O)O)c(Cl)c3)CC2)cc1. The van der Waals surface area contributed by atoms with Crippen molar-refractivity contribution in [2.24, 2.45) is 0 Å². The number of anilines is 2. The summed E-state index contributed by atoms with van der Waals surface area (Å²) in [6.45, 7) is 3.29. The fourth-order valence-corrected chi connectivity index (χ4v) is 3.49. The van der Waals surface area contributed by atoms with Gasteiger partial charge in [-0.3, -0.25) is 0 Å². The third kappa shape index (κ3) is 4.61. The average Bonchev–Trinajstić information content (AvgIpc) is 2.68. The number of ether oxygens (including phenoxy) is 1. The molecule has 0 aromatic heterocycles. The van der Waals surface area contributed by atoms with Crippen LogP contribution < -0.4 is 15.0 Å². The number of rotatable bonds is 4. The molecule has 1 saturated heterocycles. The first kappa shape index (κ1) is 19.3. The third-order valence-electron chi connectivity index (χ3n) is 4.46.